The first-order chi connectivity index (χ1) is 9.61. The first-order valence-corrected chi connectivity index (χ1v) is 7.48. The summed E-state index contributed by atoms with van der Waals surface area (Å²) in [5.74, 6) is -0.275. The normalized spacial score (nSPS) is 21.9. The molecule has 0 spiro atoms. The number of nitrogens with zero attached hydrogens (tertiary/aromatic N) is 1. The zero-order chi connectivity index (χ0) is 14.5. The summed E-state index contributed by atoms with van der Waals surface area (Å²) in [4.78, 5) is 2.21. The molecule has 0 saturated carbocycles. The van der Waals surface area contributed by atoms with Crippen LogP contribution in [0, 0.1) is 5.82 Å². The Morgan fingerprint density at radius 3 is 3.00 bits per heavy atom. The number of benzene rings is 1. The number of morpholine rings is 1. The fourth-order valence-electron chi connectivity index (χ4n) is 2.51. The number of hydrogen-bond acceptors (Lipinski definition) is 3. The average molecular weight is 301 g/mol. The van der Waals surface area contributed by atoms with Gasteiger partial charge in [0.25, 0.3) is 0 Å². The first kappa shape index (κ1) is 15.7. The van der Waals surface area contributed by atoms with Crippen LogP contribution in [0.25, 0.3) is 0 Å². The number of hydrogen-bond donors (Lipinski definition) is 1. The van der Waals surface area contributed by atoms with Crippen molar-refractivity contribution < 1.29 is 9.13 Å². The van der Waals surface area contributed by atoms with Gasteiger partial charge in [-0.25, -0.2) is 4.39 Å². The molecule has 5 heteroatoms. The van der Waals surface area contributed by atoms with E-state index in [2.05, 4.69) is 24.2 Å². The number of ether oxygens (including phenoxy) is 1. The highest BCUT2D eigenvalue weighted by Gasteiger charge is 2.29. The van der Waals surface area contributed by atoms with Crippen molar-refractivity contribution in [2.75, 3.05) is 33.3 Å². The predicted molar refractivity (Wildman–Crippen MR) is 79.7 cm³/mol. The van der Waals surface area contributed by atoms with Crippen molar-refractivity contribution in [2.45, 2.75) is 25.5 Å². The van der Waals surface area contributed by atoms with E-state index in [9.17, 15) is 4.39 Å². The minimum Gasteiger partial charge on any atom is -0.374 e. The maximum atomic E-state index is 14.2. The van der Waals surface area contributed by atoms with Gasteiger partial charge in [0.2, 0.25) is 0 Å². The molecule has 0 aliphatic carbocycles. The second-order valence-corrected chi connectivity index (χ2v) is 5.71. The van der Waals surface area contributed by atoms with Crippen LogP contribution in [0.5, 0.6) is 0 Å². The Hall–Kier alpha value is -0.680. The zero-order valence-electron chi connectivity index (χ0n) is 12.0. The third-order valence-electron chi connectivity index (χ3n) is 3.58. The molecule has 1 aromatic carbocycles. The summed E-state index contributed by atoms with van der Waals surface area (Å²) in [6.45, 7) is 5.32. The SMILES string of the molecule is CCCNC(c1ccc(Cl)cc1F)C1CN(C)CCO1. The van der Waals surface area contributed by atoms with Crippen molar-refractivity contribution in [3.63, 3.8) is 0 Å². The van der Waals surface area contributed by atoms with E-state index in [0.29, 0.717) is 17.2 Å². The number of nitrogens with one attached hydrogen (secondary N) is 1. The molecule has 0 aromatic heterocycles. The molecule has 2 unspecified atom stereocenters. The summed E-state index contributed by atoms with van der Waals surface area (Å²) in [7, 11) is 2.06. The lowest BCUT2D eigenvalue weighted by Crippen LogP contribution is -2.47. The van der Waals surface area contributed by atoms with Crippen LogP contribution < -0.4 is 5.32 Å². The van der Waals surface area contributed by atoms with Gasteiger partial charge in [0.05, 0.1) is 18.8 Å². The Morgan fingerprint density at radius 2 is 2.35 bits per heavy atom. The smallest absolute Gasteiger partial charge is 0.129 e. The van der Waals surface area contributed by atoms with E-state index < -0.39 is 0 Å². The molecular weight excluding hydrogens is 279 g/mol. The van der Waals surface area contributed by atoms with Crippen LogP contribution >= 0.6 is 11.6 Å². The van der Waals surface area contributed by atoms with E-state index in [1.165, 1.54) is 6.07 Å². The molecule has 112 valence electrons. The standard InChI is InChI=1S/C15H22ClFN2O/c1-3-6-18-15(14-10-19(2)7-8-20-14)12-5-4-11(16)9-13(12)17/h4-5,9,14-15,18H,3,6-8,10H2,1-2H3. The minimum atomic E-state index is -0.275. The summed E-state index contributed by atoms with van der Waals surface area (Å²) in [6.07, 6.45) is 0.949. The number of rotatable bonds is 5. The highest BCUT2D eigenvalue weighted by atomic mass is 35.5. The van der Waals surface area contributed by atoms with Gasteiger partial charge < -0.3 is 15.0 Å². The Kier molecular flexibility index (Phi) is 5.78. The Balaban J connectivity index is 2.21. The molecule has 1 aromatic rings. The summed E-state index contributed by atoms with van der Waals surface area (Å²) in [5, 5.41) is 3.82. The van der Waals surface area contributed by atoms with E-state index in [4.69, 9.17) is 16.3 Å². The van der Waals surface area contributed by atoms with Crippen LogP contribution in [0.4, 0.5) is 4.39 Å². The van der Waals surface area contributed by atoms with Crippen molar-refractivity contribution in [1.82, 2.24) is 10.2 Å². The molecular formula is C15H22ClFN2O. The highest BCUT2D eigenvalue weighted by molar-refractivity contribution is 6.30. The molecule has 0 amide bonds. The Bertz CT molecular complexity index is 444. The average Bonchev–Trinajstić information content (AvgIpc) is 2.41. The summed E-state index contributed by atoms with van der Waals surface area (Å²) >= 11 is 5.84. The highest BCUT2D eigenvalue weighted by Crippen LogP contribution is 2.26. The zero-order valence-corrected chi connectivity index (χ0v) is 12.8. The molecule has 1 N–H and O–H groups in total. The third kappa shape index (κ3) is 3.92. The fourth-order valence-corrected chi connectivity index (χ4v) is 2.67. The molecule has 0 radical (unpaired) electrons. The van der Waals surface area contributed by atoms with Crippen LogP contribution in [0.2, 0.25) is 5.02 Å². The lowest BCUT2D eigenvalue weighted by atomic mass is 9.99. The Labute approximate surface area is 125 Å². The van der Waals surface area contributed by atoms with Gasteiger partial charge in [-0.1, -0.05) is 24.6 Å². The van der Waals surface area contributed by atoms with E-state index >= 15 is 0 Å². The van der Waals surface area contributed by atoms with Crippen LogP contribution in [0.3, 0.4) is 0 Å². The van der Waals surface area contributed by atoms with Gasteiger partial charge in [-0.2, -0.15) is 0 Å². The van der Waals surface area contributed by atoms with E-state index in [-0.39, 0.29) is 18.0 Å². The molecule has 2 rings (SSSR count). The largest absolute Gasteiger partial charge is 0.374 e. The lowest BCUT2D eigenvalue weighted by Gasteiger charge is -2.36. The van der Waals surface area contributed by atoms with Gasteiger partial charge in [-0.3, -0.25) is 0 Å². The quantitative estimate of drug-likeness (QED) is 0.905. The topological polar surface area (TPSA) is 24.5 Å². The minimum absolute atomic E-state index is 0.0454. The van der Waals surface area contributed by atoms with E-state index in [1.54, 1.807) is 12.1 Å². The van der Waals surface area contributed by atoms with Gasteiger partial charge in [0.15, 0.2) is 0 Å². The monoisotopic (exact) mass is 300 g/mol. The van der Waals surface area contributed by atoms with Crippen molar-refractivity contribution in [2.24, 2.45) is 0 Å². The fraction of sp³-hybridized carbons (Fsp3) is 0.600. The van der Waals surface area contributed by atoms with Gasteiger partial charge >= 0.3 is 0 Å². The maximum Gasteiger partial charge on any atom is 0.129 e. The molecule has 0 bridgehead atoms. The summed E-state index contributed by atoms with van der Waals surface area (Å²) < 4.78 is 20.0. The van der Waals surface area contributed by atoms with Crippen LogP contribution in [0.1, 0.15) is 24.9 Å². The van der Waals surface area contributed by atoms with E-state index in [1.807, 2.05) is 0 Å². The van der Waals surface area contributed by atoms with Crippen LogP contribution in [-0.2, 0) is 4.74 Å². The maximum absolute atomic E-state index is 14.2. The molecule has 2 atom stereocenters. The Morgan fingerprint density at radius 1 is 1.55 bits per heavy atom. The van der Waals surface area contributed by atoms with Gasteiger partial charge in [0.1, 0.15) is 5.82 Å². The summed E-state index contributed by atoms with van der Waals surface area (Å²) in [6, 6.07) is 4.70. The molecule has 1 heterocycles. The van der Waals surface area contributed by atoms with Gasteiger partial charge in [0, 0.05) is 23.7 Å². The van der Waals surface area contributed by atoms with Gasteiger partial charge in [-0.15, -0.1) is 0 Å². The molecule has 1 aliphatic heterocycles. The second kappa shape index (κ2) is 7.36. The van der Waals surface area contributed by atoms with Gasteiger partial charge in [-0.05, 0) is 32.1 Å². The summed E-state index contributed by atoms with van der Waals surface area (Å²) in [5.41, 5.74) is 0.628. The molecule has 1 saturated heterocycles. The van der Waals surface area contributed by atoms with Crippen molar-refractivity contribution in [1.29, 1.82) is 0 Å². The number of likely N-dealkylation sites (N-methyl/N-ethyl adjacent to an activating group) is 1. The van der Waals surface area contributed by atoms with Crippen molar-refractivity contribution in [3.05, 3.63) is 34.6 Å². The number of halogens is 2. The lowest BCUT2D eigenvalue weighted by molar-refractivity contribution is -0.0397. The molecule has 1 aliphatic rings. The molecule has 20 heavy (non-hydrogen) atoms. The first-order valence-electron chi connectivity index (χ1n) is 7.10. The van der Waals surface area contributed by atoms with Crippen LogP contribution in [-0.4, -0.2) is 44.3 Å². The van der Waals surface area contributed by atoms with Crippen LogP contribution in [0.15, 0.2) is 18.2 Å². The second-order valence-electron chi connectivity index (χ2n) is 5.27. The molecule has 1 fully saturated rings. The third-order valence-corrected chi connectivity index (χ3v) is 3.82. The van der Waals surface area contributed by atoms with Crippen molar-refractivity contribution >= 4 is 11.6 Å². The molecule has 3 nitrogen and oxygen atoms in total. The van der Waals surface area contributed by atoms with Crippen molar-refractivity contribution in [3.8, 4) is 0 Å². The predicted octanol–water partition coefficient (Wildman–Crippen LogP) is 2.85. The van der Waals surface area contributed by atoms with E-state index in [0.717, 1.165) is 26.1 Å².